The summed E-state index contributed by atoms with van der Waals surface area (Å²) < 4.78 is 26.1. The predicted molar refractivity (Wildman–Crippen MR) is 115 cm³/mol. The summed E-state index contributed by atoms with van der Waals surface area (Å²) in [5.74, 6) is -0.199. The highest BCUT2D eigenvalue weighted by Gasteiger charge is 2.32. The highest BCUT2D eigenvalue weighted by atomic mass is 32.2. The van der Waals surface area contributed by atoms with E-state index in [0.29, 0.717) is 12.2 Å². The van der Waals surface area contributed by atoms with E-state index < -0.39 is 10.0 Å². The number of carbonyl (C=O) groups is 1. The number of aromatic amines is 1. The lowest BCUT2D eigenvalue weighted by molar-refractivity contribution is -0.132. The summed E-state index contributed by atoms with van der Waals surface area (Å²) in [6, 6.07) is 15.2. The number of carbonyl (C=O) groups excluding carboxylic acids is 1. The molecule has 1 aliphatic rings. The van der Waals surface area contributed by atoms with Crippen molar-refractivity contribution in [3.8, 4) is 0 Å². The summed E-state index contributed by atoms with van der Waals surface area (Å²) in [6.07, 6.45) is 1.89. The highest BCUT2D eigenvalue weighted by Crippen LogP contribution is 2.34. The Morgan fingerprint density at radius 2 is 1.86 bits per heavy atom. The number of para-hydroxylation sites is 2. The van der Waals surface area contributed by atoms with Gasteiger partial charge in [-0.05, 0) is 43.5 Å². The first-order valence-electron chi connectivity index (χ1n) is 9.69. The first kappa shape index (κ1) is 19.5. The second-order valence-corrected chi connectivity index (χ2v) is 9.54. The number of anilines is 1. The van der Waals surface area contributed by atoms with Gasteiger partial charge in [0.2, 0.25) is 15.9 Å². The number of nitrogens with zero attached hydrogens (tertiary/aromatic N) is 2. The largest absolute Gasteiger partial charge is 0.356 e. The number of rotatable bonds is 4. The van der Waals surface area contributed by atoms with Crippen molar-refractivity contribution >= 4 is 32.5 Å². The number of hydrogen-bond donors (Lipinski definition) is 1. The van der Waals surface area contributed by atoms with Crippen LogP contribution in [0.15, 0.2) is 48.5 Å². The smallest absolute Gasteiger partial charge is 0.243 e. The Labute approximate surface area is 171 Å². The molecule has 1 unspecified atom stereocenters. The van der Waals surface area contributed by atoms with E-state index in [0.717, 1.165) is 29.5 Å². The number of hydrogen-bond acceptors (Lipinski definition) is 3. The molecule has 6 nitrogen and oxygen atoms in total. The van der Waals surface area contributed by atoms with Crippen LogP contribution in [0, 0.1) is 6.92 Å². The molecule has 1 amide bonds. The maximum atomic E-state index is 13.2. The van der Waals surface area contributed by atoms with Crippen molar-refractivity contribution in [2.24, 2.45) is 0 Å². The fraction of sp³-hybridized carbons (Fsp3) is 0.318. The molecule has 1 aliphatic heterocycles. The molecule has 1 N–H and O–H groups in total. The molecule has 0 spiro atoms. The minimum Gasteiger partial charge on any atom is -0.356 e. The first-order valence-corrected chi connectivity index (χ1v) is 11.5. The van der Waals surface area contributed by atoms with Crippen LogP contribution in [-0.2, 0) is 21.2 Å². The standard InChI is InChI=1S/C22H25N3O3S/c1-15-8-4-7-11-20(15)25(29(3,27)28)14-21(26)24-13-12-18-17-9-5-6-10-19(17)23-22(18)16(24)2/h4-11,16,23H,12-14H2,1-3H3. The number of aryl methyl sites for hydroxylation is 1. The molecule has 0 saturated carbocycles. The van der Waals surface area contributed by atoms with Gasteiger partial charge in [-0.25, -0.2) is 8.42 Å². The molecule has 1 aromatic heterocycles. The number of benzene rings is 2. The van der Waals surface area contributed by atoms with Gasteiger partial charge in [0, 0.05) is 23.1 Å². The van der Waals surface area contributed by atoms with Gasteiger partial charge in [-0.15, -0.1) is 0 Å². The second kappa shape index (κ2) is 7.22. The van der Waals surface area contributed by atoms with Crippen LogP contribution in [0.3, 0.4) is 0 Å². The molecule has 0 bridgehead atoms. The van der Waals surface area contributed by atoms with Gasteiger partial charge in [0.15, 0.2) is 0 Å². The minimum atomic E-state index is -3.59. The van der Waals surface area contributed by atoms with Crippen LogP contribution in [-0.4, -0.2) is 43.6 Å². The Hall–Kier alpha value is -2.80. The van der Waals surface area contributed by atoms with E-state index in [9.17, 15) is 13.2 Å². The van der Waals surface area contributed by atoms with Crippen molar-refractivity contribution in [2.75, 3.05) is 23.7 Å². The zero-order valence-electron chi connectivity index (χ0n) is 16.8. The van der Waals surface area contributed by atoms with E-state index in [1.807, 2.05) is 44.2 Å². The molecule has 0 fully saturated rings. The molecule has 29 heavy (non-hydrogen) atoms. The summed E-state index contributed by atoms with van der Waals surface area (Å²) >= 11 is 0. The lowest BCUT2D eigenvalue weighted by Crippen LogP contribution is -2.46. The summed E-state index contributed by atoms with van der Waals surface area (Å²) in [5.41, 5.74) is 4.70. The number of aromatic nitrogens is 1. The van der Waals surface area contributed by atoms with Crippen LogP contribution >= 0.6 is 0 Å². The molecule has 3 aromatic rings. The number of amides is 1. The SMILES string of the molecule is Cc1ccccc1N(CC(=O)N1CCc2c([nH]c3ccccc23)C1C)S(C)(=O)=O. The first-order chi connectivity index (χ1) is 13.8. The van der Waals surface area contributed by atoms with Crippen LogP contribution in [0.25, 0.3) is 10.9 Å². The van der Waals surface area contributed by atoms with Crippen LogP contribution < -0.4 is 4.31 Å². The van der Waals surface area contributed by atoms with Crippen LogP contribution in [0.4, 0.5) is 5.69 Å². The Balaban J connectivity index is 1.63. The summed E-state index contributed by atoms with van der Waals surface area (Å²) in [5, 5.41) is 1.19. The van der Waals surface area contributed by atoms with Crippen molar-refractivity contribution in [3.05, 3.63) is 65.4 Å². The normalized spacial score (nSPS) is 16.7. The van der Waals surface area contributed by atoms with Crippen molar-refractivity contribution in [3.63, 3.8) is 0 Å². The number of fused-ring (bicyclic) bond motifs is 3. The van der Waals surface area contributed by atoms with Gasteiger partial charge in [-0.1, -0.05) is 36.4 Å². The monoisotopic (exact) mass is 411 g/mol. The maximum Gasteiger partial charge on any atom is 0.243 e. The van der Waals surface area contributed by atoms with E-state index >= 15 is 0 Å². The van der Waals surface area contributed by atoms with Gasteiger partial charge >= 0.3 is 0 Å². The molecule has 2 heterocycles. The molecule has 1 atom stereocenters. The maximum absolute atomic E-state index is 13.2. The number of sulfonamides is 1. The van der Waals surface area contributed by atoms with E-state index in [2.05, 4.69) is 11.1 Å². The zero-order chi connectivity index (χ0) is 20.8. The Bertz CT molecular complexity index is 1180. The molecule has 152 valence electrons. The van der Waals surface area contributed by atoms with Crippen LogP contribution in [0.1, 0.15) is 29.8 Å². The number of nitrogens with one attached hydrogen (secondary N) is 1. The Kier molecular flexibility index (Phi) is 4.86. The van der Waals surface area contributed by atoms with Crippen LogP contribution in [0.2, 0.25) is 0 Å². The van der Waals surface area contributed by atoms with Gasteiger partial charge in [0.25, 0.3) is 0 Å². The van der Waals surface area contributed by atoms with Crippen molar-refractivity contribution in [1.82, 2.24) is 9.88 Å². The summed E-state index contributed by atoms with van der Waals surface area (Å²) in [4.78, 5) is 18.4. The van der Waals surface area contributed by atoms with Crippen LogP contribution in [0.5, 0.6) is 0 Å². The fourth-order valence-electron chi connectivity index (χ4n) is 4.21. The average Bonchev–Trinajstić information content (AvgIpc) is 3.06. The molecule has 0 radical (unpaired) electrons. The van der Waals surface area contributed by atoms with E-state index in [-0.39, 0.29) is 18.5 Å². The van der Waals surface area contributed by atoms with Gasteiger partial charge in [-0.3, -0.25) is 9.10 Å². The third-order valence-corrected chi connectivity index (χ3v) is 6.84. The Morgan fingerprint density at radius 1 is 1.17 bits per heavy atom. The fourth-order valence-corrected chi connectivity index (χ4v) is 5.11. The average molecular weight is 412 g/mol. The van der Waals surface area contributed by atoms with E-state index in [1.165, 1.54) is 15.3 Å². The highest BCUT2D eigenvalue weighted by molar-refractivity contribution is 7.92. The lowest BCUT2D eigenvalue weighted by Gasteiger charge is -2.35. The Morgan fingerprint density at radius 3 is 2.59 bits per heavy atom. The minimum absolute atomic E-state index is 0.142. The summed E-state index contributed by atoms with van der Waals surface area (Å²) in [6.45, 7) is 4.20. The second-order valence-electron chi connectivity index (χ2n) is 7.63. The van der Waals surface area contributed by atoms with E-state index in [1.54, 1.807) is 17.0 Å². The van der Waals surface area contributed by atoms with Crippen molar-refractivity contribution < 1.29 is 13.2 Å². The zero-order valence-corrected chi connectivity index (χ0v) is 17.7. The predicted octanol–water partition coefficient (Wildman–Crippen LogP) is 3.39. The molecule has 4 rings (SSSR count). The molecular formula is C22H25N3O3S. The topological polar surface area (TPSA) is 73.5 Å². The van der Waals surface area contributed by atoms with Crippen molar-refractivity contribution in [1.29, 1.82) is 0 Å². The molecule has 0 aliphatic carbocycles. The van der Waals surface area contributed by atoms with Gasteiger partial charge < -0.3 is 9.88 Å². The molecule has 0 saturated heterocycles. The molecule has 7 heteroatoms. The number of H-pyrrole nitrogens is 1. The quantitative estimate of drug-likeness (QED) is 0.715. The van der Waals surface area contributed by atoms with Gasteiger partial charge in [0.05, 0.1) is 18.0 Å². The molecular weight excluding hydrogens is 386 g/mol. The third-order valence-electron chi connectivity index (χ3n) is 5.72. The van der Waals surface area contributed by atoms with Gasteiger partial charge in [0.1, 0.15) is 6.54 Å². The van der Waals surface area contributed by atoms with Gasteiger partial charge in [-0.2, -0.15) is 0 Å². The third kappa shape index (κ3) is 3.51. The van der Waals surface area contributed by atoms with Crippen molar-refractivity contribution in [2.45, 2.75) is 26.3 Å². The lowest BCUT2D eigenvalue weighted by atomic mass is 9.98. The van der Waals surface area contributed by atoms with E-state index in [4.69, 9.17) is 0 Å². The summed E-state index contributed by atoms with van der Waals surface area (Å²) in [7, 11) is -3.59. The molecule has 2 aromatic carbocycles.